The van der Waals surface area contributed by atoms with Gasteiger partial charge in [0.1, 0.15) is 30.2 Å². The third kappa shape index (κ3) is 3.97. The van der Waals surface area contributed by atoms with E-state index in [1.54, 1.807) is 25.1 Å². The van der Waals surface area contributed by atoms with E-state index >= 15 is 0 Å². The fraction of sp³-hybridized carbons (Fsp3) is 0.182. The molecule has 35 heavy (non-hydrogen) atoms. The molecule has 4 heterocycles. The predicted molar refractivity (Wildman–Crippen MR) is 128 cm³/mol. The predicted octanol–water partition coefficient (Wildman–Crippen LogP) is 3.74. The number of nitrogen functional groups attached to an aromatic ring is 1. The van der Waals surface area contributed by atoms with Gasteiger partial charge in [-0.15, -0.1) is 0 Å². The molecule has 0 aliphatic carbocycles. The summed E-state index contributed by atoms with van der Waals surface area (Å²) in [5.41, 5.74) is 6.78. The number of aromatic amines is 1. The summed E-state index contributed by atoms with van der Waals surface area (Å²) in [5, 5.41) is 15.0. The molecule has 0 fully saturated rings. The second-order valence-electron chi connectivity index (χ2n) is 7.79. The molecule has 0 aliphatic rings. The van der Waals surface area contributed by atoms with Gasteiger partial charge in [-0.3, -0.25) is 14.5 Å². The molecule has 0 amide bonds. The zero-order valence-corrected chi connectivity index (χ0v) is 19.3. The van der Waals surface area contributed by atoms with E-state index in [4.69, 9.17) is 21.9 Å². The van der Waals surface area contributed by atoms with Crippen LogP contribution in [0.15, 0.2) is 46.0 Å². The van der Waals surface area contributed by atoms with Crippen LogP contribution in [0.25, 0.3) is 28.0 Å². The molecule has 0 spiro atoms. The molecule has 0 bridgehead atoms. The van der Waals surface area contributed by atoms with Crippen LogP contribution >= 0.6 is 11.6 Å². The second kappa shape index (κ2) is 8.80. The first-order valence-electron chi connectivity index (χ1n) is 10.5. The van der Waals surface area contributed by atoms with Gasteiger partial charge in [0.25, 0.3) is 11.4 Å². The third-order valence-corrected chi connectivity index (χ3v) is 5.74. The van der Waals surface area contributed by atoms with E-state index in [1.807, 2.05) is 13.0 Å². The molecule has 1 unspecified atom stereocenters. The first-order valence-corrected chi connectivity index (χ1v) is 10.9. The molecule has 0 radical (unpaired) electrons. The van der Waals surface area contributed by atoms with Crippen LogP contribution in [-0.2, 0) is 6.67 Å². The van der Waals surface area contributed by atoms with Crippen molar-refractivity contribution in [3.05, 3.63) is 69.2 Å². The number of fused-ring (bicyclic) bond motifs is 1. The number of hydrogen-bond acceptors (Lipinski definition) is 9. The van der Waals surface area contributed by atoms with Crippen molar-refractivity contribution < 1.29 is 8.91 Å². The fourth-order valence-corrected chi connectivity index (χ4v) is 4.09. The Hall–Kier alpha value is -4.32. The molecule has 0 aliphatic heterocycles. The van der Waals surface area contributed by atoms with E-state index in [-0.39, 0.29) is 23.2 Å². The van der Waals surface area contributed by atoms with Crippen LogP contribution in [0.4, 0.5) is 16.0 Å². The number of hydrogen-bond donors (Lipinski definition) is 3. The summed E-state index contributed by atoms with van der Waals surface area (Å²) in [6.45, 7) is 2.75. The van der Waals surface area contributed by atoms with E-state index in [0.717, 1.165) is 0 Å². The molecule has 1 aromatic carbocycles. The fourth-order valence-electron chi connectivity index (χ4n) is 3.82. The number of nitrogens with zero attached hydrogens (tertiary/aromatic N) is 6. The number of nitrogens with two attached hydrogens (primary N) is 1. The maximum atomic E-state index is 13.6. The number of nitrogens with one attached hydrogen (secondary N) is 2. The molecule has 11 nitrogen and oxygen atoms in total. The van der Waals surface area contributed by atoms with Crippen molar-refractivity contribution in [3.8, 4) is 17.3 Å². The zero-order chi connectivity index (χ0) is 24.7. The molecule has 4 N–H and O–H groups in total. The highest BCUT2D eigenvalue weighted by Crippen LogP contribution is 2.32. The van der Waals surface area contributed by atoms with E-state index < -0.39 is 18.3 Å². The Morgan fingerprint density at radius 2 is 2.14 bits per heavy atom. The van der Waals surface area contributed by atoms with Gasteiger partial charge in [0, 0.05) is 6.07 Å². The molecule has 4 aromatic heterocycles. The molecule has 5 aromatic rings. The maximum absolute atomic E-state index is 13.6. The van der Waals surface area contributed by atoms with Crippen LogP contribution in [0.2, 0.25) is 5.02 Å². The van der Waals surface area contributed by atoms with Gasteiger partial charge in [0.2, 0.25) is 0 Å². The quantitative estimate of drug-likeness (QED) is 0.319. The monoisotopic (exact) mass is 495 g/mol. The minimum Gasteiger partial charge on any atom is -0.383 e. The van der Waals surface area contributed by atoms with Crippen molar-refractivity contribution in [1.29, 1.82) is 0 Å². The van der Waals surface area contributed by atoms with Crippen LogP contribution in [0, 0.1) is 6.92 Å². The van der Waals surface area contributed by atoms with Crippen LogP contribution in [0.1, 0.15) is 30.2 Å². The minimum absolute atomic E-state index is 0.140. The summed E-state index contributed by atoms with van der Waals surface area (Å²) in [5.74, 6) is 1.26. The summed E-state index contributed by atoms with van der Waals surface area (Å²) in [6.07, 6.45) is 1.30. The van der Waals surface area contributed by atoms with Gasteiger partial charge in [0.15, 0.2) is 11.6 Å². The second-order valence-corrected chi connectivity index (χ2v) is 8.20. The van der Waals surface area contributed by atoms with Crippen LogP contribution < -0.4 is 16.6 Å². The Bertz CT molecular complexity index is 1610. The number of aryl methyl sites for hydroxylation is 1. The average Bonchev–Trinajstić information content (AvgIpc) is 3.48. The summed E-state index contributed by atoms with van der Waals surface area (Å²) < 4.78 is 19.9. The number of alkyl halides is 1. The minimum atomic E-state index is -0.758. The van der Waals surface area contributed by atoms with Gasteiger partial charge in [-0.1, -0.05) is 28.9 Å². The first kappa shape index (κ1) is 22.5. The first-order chi connectivity index (χ1) is 16.9. The number of halogens is 2. The van der Waals surface area contributed by atoms with E-state index in [0.29, 0.717) is 38.7 Å². The third-order valence-electron chi connectivity index (χ3n) is 5.43. The van der Waals surface area contributed by atoms with Gasteiger partial charge in [0.05, 0.1) is 27.8 Å². The van der Waals surface area contributed by atoms with Crippen molar-refractivity contribution in [2.75, 3.05) is 11.1 Å². The molecule has 178 valence electrons. The van der Waals surface area contributed by atoms with Crippen molar-refractivity contribution in [2.45, 2.75) is 26.6 Å². The SMILES string of the molecule is Cc1noc(-c2c(N)ncnc2NC(C)c2cc3cccc(Cl)c3c(=O)n2-c2cc(CF)[nH]n2)n1. The maximum Gasteiger partial charge on any atom is 0.266 e. The highest BCUT2D eigenvalue weighted by atomic mass is 35.5. The Morgan fingerprint density at radius 1 is 1.31 bits per heavy atom. The number of rotatable bonds is 6. The number of pyridine rings is 1. The molecular formula is C22H19ClFN9O2. The van der Waals surface area contributed by atoms with Gasteiger partial charge in [-0.2, -0.15) is 10.1 Å². The van der Waals surface area contributed by atoms with Gasteiger partial charge in [-0.25, -0.2) is 14.4 Å². The lowest BCUT2D eigenvalue weighted by Crippen LogP contribution is -2.26. The average molecular weight is 496 g/mol. The van der Waals surface area contributed by atoms with Crippen LogP contribution in [-0.4, -0.2) is 34.9 Å². The lowest BCUT2D eigenvalue weighted by atomic mass is 10.1. The van der Waals surface area contributed by atoms with Crippen molar-refractivity contribution >= 4 is 34.0 Å². The van der Waals surface area contributed by atoms with Gasteiger partial charge < -0.3 is 15.6 Å². The molecular weight excluding hydrogens is 477 g/mol. The molecule has 0 saturated heterocycles. The molecule has 5 rings (SSSR count). The van der Waals surface area contributed by atoms with Crippen molar-refractivity contribution in [2.24, 2.45) is 0 Å². The standard InChI is InChI=1S/C22H19ClFN9O2/c1-10(28-20-18(19(25)26-9-27-20)21-29-11(2)32-35-21)15-6-12-4-3-5-14(23)17(12)22(34)33(15)16-7-13(8-24)30-31-16/h3-7,9-10H,8H2,1-2H3,(H,30,31)(H3,25,26,27,28). The Balaban J connectivity index is 1.67. The largest absolute Gasteiger partial charge is 0.383 e. The van der Waals surface area contributed by atoms with Crippen molar-refractivity contribution in [3.63, 3.8) is 0 Å². The number of benzene rings is 1. The van der Waals surface area contributed by atoms with Crippen molar-refractivity contribution in [1.82, 2.24) is 34.9 Å². The lowest BCUT2D eigenvalue weighted by molar-refractivity contribution is 0.425. The number of H-pyrrole nitrogens is 1. The lowest BCUT2D eigenvalue weighted by Gasteiger charge is -2.21. The molecule has 13 heteroatoms. The summed E-state index contributed by atoms with van der Waals surface area (Å²) in [6, 6.07) is 7.94. The number of aromatic nitrogens is 7. The van der Waals surface area contributed by atoms with E-state index in [1.165, 1.54) is 17.0 Å². The highest BCUT2D eigenvalue weighted by Gasteiger charge is 2.23. The summed E-state index contributed by atoms with van der Waals surface area (Å²) in [4.78, 5) is 26.1. The number of anilines is 2. The highest BCUT2D eigenvalue weighted by molar-refractivity contribution is 6.35. The zero-order valence-electron chi connectivity index (χ0n) is 18.6. The Labute approximate surface area is 202 Å². The molecule has 0 saturated carbocycles. The Morgan fingerprint density at radius 3 is 2.86 bits per heavy atom. The summed E-state index contributed by atoms with van der Waals surface area (Å²) in [7, 11) is 0. The van der Waals surface area contributed by atoms with E-state index in [9.17, 15) is 9.18 Å². The topological polar surface area (TPSA) is 153 Å². The van der Waals surface area contributed by atoms with E-state index in [2.05, 4.69) is 35.6 Å². The van der Waals surface area contributed by atoms with Crippen LogP contribution in [0.5, 0.6) is 0 Å². The van der Waals surface area contributed by atoms with Gasteiger partial charge in [-0.05, 0) is 31.4 Å². The Kier molecular flexibility index (Phi) is 5.65. The molecule has 1 atom stereocenters. The van der Waals surface area contributed by atoms with Gasteiger partial charge >= 0.3 is 0 Å². The van der Waals surface area contributed by atoms with Crippen LogP contribution in [0.3, 0.4) is 0 Å². The normalized spacial score (nSPS) is 12.2. The smallest absolute Gasteiger partial charge is 0.266 e. The summed E-state index contributed by atoms with van der Waals surface area (Å²) >= 11 is 6.35.